The van der Waals surface area contributed by atoms with Crippen molar-refractivity contribution in [3.63, 3.8) is 0 Å². The number of rotatable bonds is 4. The molecule has 0 fully saturated rings. The SMILES string of the molecule is Cc1ccc(NC(=O)c2ccccc2[N+](=O)[O-])c(C(=O)O)c1. The summed E-state index contributed by atoms with van der Waals surface area (Å²) in [5.74, 6) is -1.93. The molecule has 0 radical (unpaired) electrons. The number of nitrogens with zero attached hydrogens (tertiary/aromatic N) is 1. The molecule has 0 atom stereocenters. The second kappa shape index (κ2) is 6.04. The van der Waals surface area contributed by atoms with Gasteiger partial charge < -0.3 is 10.4 Å². The second-order valence-electron chi connectivity index (χ2n) is 4.58. The molecule has 0 aliphatic heterocycles. The lowest BCUT2D eigenvalue weighted by atomic mass is 10.1. The van der Waals surface area contributed by atoms with Gasteiger partial charge in [0.2, 0.25) is 0 Å². The fourth-order valence-corrected chi connectivity index (χ4v) is 1.96. The van der Waals surface area contributed by atoms with E-state index < -0.39 is 16.8 Å². The van der Waals surface area contributed by atoms with Gasteiger partial charge in [0.1, 0.15) is 5.56 Å². The molecule has 112 valence electrons. The lowest BCUT2D eigenvalue weighted by Gasteiger charge is -2.09. The first-order chi connectivity index (χ1) is 10.4. The number of nitro benzene ring substituents is 1. The number of aromatic carboxylic acids is 1. The van der Waals surface area contributed by atoms with Gasteiger partial charge in [0, 0.05) is 6.07 Å². The van der Waals surface area contributed by atoms with Gasteiger partial charge in [-0.3, -0.25) is 14.9 Å². The van der Waals surface area contributed by atoms with Crippen LogP contribution in [0, 0.1) is 17.0 Å². The Labute approximate surface area is 125 Å². The maximum atomic E-state index is 12.2. The third-order valence-electron chi connectivity index (χ3n) is 3.00. The standard InChI is InChI=1S/C15H12N2O5/c1-9-6-7-12(11(8-9)15(19)20)16-14(18)10-4-2-3-5-13(10)17(21)22/h2-8H,1H3,(H,16,18)(H,19,20). The Morgan fingerprint density at radius 1 is 1.14 bits per heavy atom. The van der Waals surface area contributed by atoms with Gasteiger partial charge in [0.15, 0.2) is 0 Å². The Morgan fingerprint density at radius 2 is 1.82 bits per heavy atom. The minimum absolute atomic E-state index is 0.0769. The molecule has 0 heterocycles. The Kier molecular flexibility index (Phi) is 4.17. The summed E-state index contributed by atoms with van der Waals surface area (Å²) >= 11 is 0. The summed E-state index contributed by atoms with van der Waals surface area (Å²) in [5, 5.41) is 22.5. The first kappa shape index (κ1) is 15.2. The number of nitrogens with one attached hydrogen (secondary N) is 1. The molecule has 0 spiro atoms. The number of para-hydroxylation sites is 1. The number of hydrogen-bond donors (Lipinski definition) is 2. The van der Waals surface area contributed by atoms with E-state index in [-0.39, 0.29) is 22.5 Å². The largest absolute Gasteiger partial charge is 0.478 e. The lowest BCUT2D eigenvalue weighted by molar-refractivity contribution is -0.385. The van der Waals surface area contributed by atoms with Gasteiger partial charge in [-0.15, -0.1) is 0 Å². The molecule has 2 rings (SSSR count). The fourth-order valence-electron chi connectivity index (χ4n) is 1.96. The smallest absolute Gasteiger partial charge is 0.337 e. The molecule has 2 N–H and O–H groups in total. The highest BCUT2D eigenvalue weighted by Crippen LogP contribution is 2.22. The van der Waals surface area contributed by atoms with Gasteiger partial charge >= 0.3 is 5.97 Å². The van der Waals surface area contributed by atoms with Gasteiger partial charge in [-0.2, -0.15) is 0 Å². The first-order valence-electron chi connectivity index (χ1n) is 6.29. The number of carbonyl (C=O) groups excluding carboxylic acids is 1. The highest BCUT2D eigenvalue weighted by atomic mass is 16.6. The maximum Gasteiger partial charge on any atom is 0.337 e. The van der Waals surface area contributed by atoms with E-state index in [1.54, 1.807) is 13.0 Å². The Balaban J connectivity index is 2.38. The van der Waals surface area contributed by atoms with Crippen LogP contribution in [0.1, 0.15) is 26.3 Å². The number of hydrogen-bond acceptors (Lipinski definition) is 4. The maximum absolute atomic E-state index is 12.2. The van der Waals surface area contributed by atoms with Crippen molar-refractivity contribution in [3.8, 4) is 0 Å². The highest BCUT2D eigenvalue weighted by molar-refractivity contribution is 6.09. The van der Waals surface area contributed by atoms with Crippen molar-refractivity contribution in [1.29, 1.82) is 0 Å². The minimum atomic E-state index is -1.19. The molecule has 0 aromatic heterocycles. The zero-order valence-electron chi connectivity index (χ0n) is 11.6. The summed E-state index contributed by atoms with van der Waals surface area (Å²) in [6.45, 7) is 1.72. The fraction of sp³-hybridized carbons (Fsp3) is 0.0667. The first-order valence-corrected chi connectivity index (χ1v) is 6.29. The molecular formula is C15H12N2O5. The third-order valence-corrected chi connectivity index (χ3v) is 3.00. The molecule has 2 aromatic carbocycles. The summed E-state index contributed by atoms with van der Waals surface area (Å²) in [7, 11) is 0. The molecular weight excluding hydrogens is 288 g/mol. The number of anilines is 1. The van der Waals surface area contributed by atoms with Crippen LogP contribution in [0.4, 0.5) is 11.4 Å². The molecule has 1 amide bonds. The van der Waals surface area contributed by atoms with Gasteiger partial charge in [-0.05, 0) is 25.1 Å². The Bertz CT molecular complexity index is 770. The van der Waals surface area contributed by atoms with Crippen LogP contribution in [-0.4, -0.2) is 21.9 Å². The number of amides is 1. The normalized spacial score (nSPS) is 10.0. The quantitative estimate of drug-likeness (QED) is 0.666. The Hall–Kier alpha value is -3.22. The number of carboxylic acids is 1. The number of carboxylic acid groups (broad SMARTS) is 1. The number of aryl methyl sites for hydroxylation is 1. The molecule has 22 heavy (non-hydrogen) atoms. The summed E-state index contributed by atoms with van der Waals surface area (Å²) in [4.78, 5) is 33.7. The second-order valence-corrected chi connectivity index (χ2v) is 4.58. The van der Waals surface area contributed by atoms with E-state index in [2.05, 4.69) is 5.32 Å². The summed E-state index contributed by atoms with van der Waals surface area (Å²) in [5.41, 5.74) is 0.252. The van der Waals surface area contributed by atoms with E-state index >= 15 is 0 Å². The average Bonchev–Trinajstić information content (AvgIpc) is 2.48. The van der Waals surface area contributed by atoms with Crippen LogP contribution in [-0.2, 0) is 0 Å². The predicted octanol–water partition coefficient (Wildman–Crippen LogP) is 2.85. The monoisotopic (exact) mass is 300 g/mol. The topological polar surface area (TPSA) is 110 Å². The summed E-state index contributed by atoms with van der Waals surface area (Å²) in [6, 6.07) is 9.97. The number of benzene rings is 2. The van der Waals surface area contributed by atoms with E-state index in [9.17, 15) is 19.7 Å². The lowest BCUT2D eigenvalue weighted by Crippen LogP contribution is -2.16. The van der Waals surface area contributed by atoms with Crippen LogP contribution < -0.4 is 5.32 Å². The summed E-state index contributed by atoms with van der Waals surface area (Å²) in [6.07, 6.45) is 0. The average molecular weight is 300 g/mol. The van der Waals surface area contributed by atoms with Gasteiger partial charge in [0.05, 0.1) is 16.2 Å². The molecule has 0 aliphatic rings. The molecule has 7 heteroatoms. The van der Waals surface area contributed by atoms with Gasteiger partial charge in [-0.1, -0.05) is 23.8 Å². The van der Waals surface area contributed by atoms with E-state index in [1.165, 1.54) is 36.4 Å². The highest BCUT2D eigenvalue weighted by Gasteiger charge is 2.21. The third kappa shape index (κ3) is 3.09. The molecule has 0 aliphatic carbocycles. The van der Waals surface area contributed by atoms with Gasteiger partial charge in [-0.25, -0.2) is 4.79 Å². The molecule has 0 saturated heterocycles. The molecule has 2 aromatic rings. The molecule has 0 bridgehead atoms. The van der Waals surface area contributed by atoms with Gasteiger partial charge in [0.25, 0.3) is 11.6 Å². The van der Waals surface area contributed by atoms with Crippen LogP contribution in [0.25, 0.3) is 0 Å². The van der Waals surface area contributed by atoms with Crippen molar-refractivity contribution in [3.05, 3.63) is 69.3 Å². The number of nitro groups is 1. The van der Waals surface area contributed by atoms with Crippen molar-refractivity contribution in [2.45, 2.75) is 6.92 Å². The molecule has 0 unspecified atom stereocenters. The van der Waals surface area contributed by atoms with Crippen molar-refractivity contribution < 1.29 is 19.6 Å². The zero-order valence-corrected chi connectivity index (χ0v) is 11.6. The molecule has 0 saturated carbocycles. The van der Waals surface area contributed by atoms with Crippen molar-refractivity contribution in [2.24, 2.45) is 0 Å². The predicted molar refractivity (Wildman–Crippen MR) is 79.2 cm³/mol. The van der Waals surface area contributed by atoms with Crippen LogP contribution in [0.2, 0.25) is 0 Å². The Morgan fingerprint density at radius 3 is 2.45 bits per heavy atom. The number of carbonyl (C=O) groups is 2. The van der Waals surface area contributed by atoms with Crippen molar-refractivity contribution >= 4 is 23.3 Å². The van der Waals surface area contributed by atoms with Crippen LogP contribution in [0.15, 0.2) is 42.5 Å². The van der Waals surface area contributed by atoms with E-state index in [0.29, 0.717) is 0 Å². The van der Waals surface area contributed by atoms with Crippen molar-refractivity contribution in [2.75, 3.05) is 5.32 Å². The summed E-state index contributed by atoms with van der Waals surface area (Å²) < 4.78 is 0. The van der Waals surface area contributed by atoms with Crippen LogP contribution in [0.5, 0.6) is 0 Å². The van der Waals surface area contributed by atoms with E-state index in [1.807, 2.05) is 0 Å². The van der Waals surface area contributed by atoms with Crippen LogP contribution >= 0.6 is 0 Å². The van der Waals surface area contributed by atoms with E-state index in [0.717, 1.165) is 5.56 Å². The van der Waals surface area contributed by atoms with Crippen LogP contribution in [0.3, 0.4) is 0 Å². The minimum Gasteiger partial charge on any atom is -0.478 e. The van der Waals surface area contributed by atoms with Crippen molar-refractivity contribution in [1.82, 2.24) is 0 Å². The molecule has 7 nitrogen and oxygen atoms in total. The zero-order chi connectivity index (χ0) is 16.3. The van der Waals surface area contributed by atoms with E-state index in [4.69, 9.17) is 5.11 Å².